The smallest absolute Gasteiger partial charge is 0.334 e. The van der Waals surface area contributed by atoms with Crippen molar-refractivity contribution < 1.29 is 9.53 Å². The minimum absolute atomic E-state index is 0.296. The normalized spacial score (nSPS) is 12.6. The third kappa shape index (κ3) is 3.07. The zero-order valence-corrected chi connectivity index (χ0v) is 11.8. The van der Waals surface area contributed by atoms with Crippen molar-refractivity contribution in [3.63, 3.8) is 0 Å². The standard InChI is InChI=1S/C11H17BrN2O2/c1-10(2,3)16-9(15)11(4,5)14-7-8(12)6-13-14/h6-7H,1-5H3. The van der Waals surface area contributed by atoms with Crippen LogP contribution in [0.3, 0.4) is 0 Å². The number of ether oxygens (including phenoxy) is 1. The van der Waals surface area contributed by atoms with Crippen LogP contribution in [-0.4, -0.2) is 21.4 Å². The van der Waals surface area contributed by atoms with E-state index in [1.165, 1.54) is 0 Å². The first-order valence-electron chi connectivity index (χ1n) is 5.07. The monoisotopic (exact) mass is 288 g/mol. The molecule has 16 heavy (non-hydrogen) atoms. The van der Waals surface area contributed by atoms with Crippen LogP contribution in [-0.2, 0) is 15.1 Å². The molecule has 5 heteroatoms. The number of hydrogen-bond acceptors (Lipinski definition) is 3. The predicted molar refractivity (Wildman–Crippen MR) is 65.1 cm³/mol. The van der Waals surface area contributed by atoms with Crippen LogP contribution in [0.25, 0.3) is 0 Å². The highest BCUT2D eigenvalue weighted by Gasteiger charge is 2.35. The van der Waals surface area contributed by atoms with Crippen LogP contribution in [0, 0.1) is 0 Å². The zero-order chi connectivity index (χ0) is 12.6. The molecule has 0 aliphatic rings. The molecule has 0 atom stereocenters. The largest absolute Gasteiger partial charge is 0.458 e. The average molecular weight is 289 g/mol. The maximum absolute atomic E-state index is 12.0. The van der Waals surface area contributed by atoms with Crippen LogP contribution in [0.15, 0.2) is 16.9 Å². The average Bonchev–Trinajstić information content (AvgIpc) is 2.48. The van der Waals surface area contributed by atoms with Gasteiger partial charge >= 0.3 is 5.97 Å². The molecule has 0 N–H and O–H groups in total. The van der Waals surface area contributed by atoms with E-state index in [2.05, 4.69) is 21.0 Å². The highest BCUT2D eigenvalue weighted by Crippen LogP contribution is 2.22. The number of aromatic nitrogens is 2. The second-order valence-corrected chi connectivity index (χ2v) is 6.08. The molecule has 0 fully saturated rings. The molecular weight excluding hydrogens is 272 g/mol. The van der Waals surface area contributed by atoms with E-state index in [1.807, 2.05) is 20.8 Å². The van der Waals surface area contributed by atoms with Gasteiger partial charge in [0.2, 0.25) is 0 Å². The summed E-state index contributed by atoms with van der Waals surface area (Å²) in [6.07, 6.45) is 3.40. The molecule has 0 aliphatic heterocycles. The molecule has 4 nitrogen and oxygen atoms in total. The van der Waals surface area contributed by atoms with Crippen LogP contribution in [0.4, 0.5) is 0 Å². The first-order valence-corrected chi connectivity index (χ1v) is 5.86. The summed E-state index contributed by atoms with van der Waals surface area (Å²) in [6, 6.07) is 0. The molecule has 0 radical (unpaired) electrons. The molecule has 1 heterocycles. The van der Waals surface area contributed by atoms with E-state index < -0.39 is 11.1 Å². The Bertz CT molecular complexity index is 391. The number of carbonyl (C=O) groups excluding carboxylic acids is 1. The lowest BCUT2D eigenvalue weighted by atomic mass is 10.1. The molecule has 90 valence electrons. The SMILES string of the molecule is CC(C)(C)OC(=O)C(C)(C)n1cc(Br)cn1. The zero-order valence-electron chi connectivity index (χ0n) is 10.2. The number of esters is 1. The van der Waals surface area contributed by atoms with Crippen molar-refractivity contribution in [3.05, 3.63) is 16.9 Å². The molecule has 0 saturated heterocycles. The molecule has 1 aromatic heterocycles. The molecule has 1 rings (SSSR count). The van der Waals surface area contributed by atoms with Gasteiger partial charge in [0.15, 0.2) is 5.54 Å². The maximum atomic E-state index is 12.0. The van der Waals surface area contributed by atoms with Gasteiger partial charge in [-0.1, -0.05) is 0 Å². The first kappa shape index (κ1) is 13.2. The summed E-state index contributed by atoms with van der Waals surface area (Å²) >= 11 is 3.30. The molecule has 0 bridgehead atoms. The van der Waals surface area contributed by atoms with Crippen LogP contribution < -0.4 is 0 Å². The van der Waals surface area contributed by atoms with Crippen LogP contribution in [0.2, 0.25) is 0 Å². The van der Waals surface area contributed by atoms with Crippen molar-refractivity contribution in [2.24, 2.45) is 0 Å². The molecule has 0 amide bonds. The predicted octanol–water partition coefficient (Wildman–Crippen LogP) is 2.72. The van der Waals surface area contributed by atoms with Crippen molar-refractivity contribution in [3.8, 4) is 0 Å². The summed E-state index contributed by atoms with van der Waals surface area (Å²) in [5.41, 5.74) is -1.29. The molecular formula is C11H17BrN2O2. The summed E-state index contributed by atoms with van der Waals surface area (Å²) < 4.78 is 7.78. The minimum atomic E-state index is -0.806. The van der Waals surface area contributed by atoms with E-state index in [0.29, 0.717) is 0 Å². The Balaban J connectivity index is 2.90. The summed E-state index contributed by atoms with van der Waals surface area (Å²) in [7, 11) is 0. The van der Waals surface area contributed by atoms with Crippen LogP contribution in [0.5, 0.6) is 0 Å². The summed E-state index contributed by atoms with van der Waals surface area (Å²) in [4.78, 5) is 12.0. The Hall–Kier alpha value is -0.840. The second kappa shape index (κ2) is 4.20. The molecule has 0 spiro atoms. The molecule has 0 aliphatic carbocycles. The lowest BCUT2D eigenvalue weighted by Crippen LogP contribution is -2.41. The van der Waals surface area contributed by atoms with Gasteiger partial charge in [-0.05, 0) is 50.5 Å². The fourth-order valence-electron chi connectivity index (χ4n) is 1.10. The number of hydrogen-bond donors (Lipinski definition) is 0. The van der Waals surface area contributed by atoms with Gasteiger partial charge in [-0.2, -0.15) is 5.10 Å². The molecule has 0 aromatic carbocycles. The Morgan fingerprint density at radius 3 is 2.31 bits per heavy atom. The number of nitrogens with zero attached hydrogens (tertiary/aromatic N) is 2. The van der Waals surface area contributed by atoms with Gasteiger partial charge in [0.1, 0.15) is 5.60 Å². The third-order valence-corrected chi connectivity index (χ3v) is 2.43. The Morgan fingerprint density at radius 2 is 1.94 bits per heavy atom. The van der Waals surface area contributed by atoms with Crippen molar-refractivity contribution in [1.29, 1.82) is 0 Å². The van der Waals surface area contributed by atoms with Gasteiger partial charge in [0, 0.05) is 6.20 Å². The van der Waals surface area contributed by atoms with Crippen molar-refractivity contribution >= 4 is 21.9 Å². The summed E-state index contributed by atoms with van der Waals surface area (Å²) in [5.74, 6) is -0.296. The minimum Gasteiger partial charge on any atom is -0.458 e. The third-order valence-electron chi connectivity index (χ3n) is 2.02. The maximum Gasteiger partial charge on any atom is 0.334 e. The van der Waals surface area contributed by atoms with Gasteiger partial charge in [0.05, 0.1) is 10.7 Å². The highest BCUT2D eigenvalue weighted by molar-refractivity contribution is 9.10. The Labute approximate surface area is 104 Å². The summed E-state index contributed by atoms with van der Waals surface area (Å²) in [5, 5.41) is 4.11. The van der Waals surface area contributed by atoms with Crippen LogP contribution >= 0.6 is 15.9 Å². The van der Waals surface area contributed by atoms with Crippen molar-refractivity contribution in [2.45, 2.75) is 45.8 Å². The lowest BCUT2D eigenvalue weighted by Gasteiger charge is -2.28. The first-order chi connectivity index (χ1) is 7.13. The fraction of sp³-hybridized carbons (Fsp3) is 0.636. The highest BCUT2D eigenvalue weighted by atomic mass is 79.9. The Morgan fingerprint density at radius 1 is 1.38 bits per heavy atom. The van der Waals surface area contributed by atoms with Gasteiger partial charge in [-0.3, -0.25) is 4.68 Å². The van der Waals surface area contributed by atoms with Gasteiger partial charge in [-0.15, -0.1) is 0 Å². The number of halogens is 1. The second-order valence-electron chi connectivity index (χ2n) is 5.16. The summed E-state index contributed by atoms with van der Waals surface area (Å²) in [6.45, 7) is 9.10. The van der Waals surface area contributed by atoms with Crippen molar-refractivity contribution in [1.82, 2.24) is 9.78 Å². The van der Waals surface area contributed by atoms with Gasteiger partial charge in [0.25, 0.3) is 0 Å². The van der Waals surface area contributed by atoms with Gasteiger partial charge in [-0.25, -0.2) is 4.79 Å². The van der Waals surface area contributed by atoms with E-state index in [9.17, 15) is 4.79 Å². The van der Waals surface area contributed by atoms with E-state index >= 15 is 0 Å². The van der Waals surface area contributed by atoms with Crippen LogP contribution in [0.1, 0.15) is 34.6 Å². The number of rotatable bonds is 2. The fourth-order valence-corrected chi connectivity index (χ4v) is 1.39. The van der Waals surface area contributed by atoms with E-state index in [-0.39, 0.29) is 5.97 Å². The Kier molecular flexibility index (Phi) is 3.47. The number of carbonyl (C=O) groups is 1. The van der Waals surface area contributed by atoms with E-state index in [0.717, 1.165) is 4.47 Å². The molecule has 1 aromatic rings. The van der Waals surface area contributed by atoms with Crippen molar-refractivity contribution in [2.75, 3.05) is 0 Å². The van der Waals surface area contributed by atoms with E-state index in [4.69, 9.17) is 4.74 Å². The van der Waals surface area contributed by atoms with E-state index in [1.54, 1.807) is 30.9 Å². The molecule has 0 saturated carbocycles. The lowest BCUT2D eigenvalue weighted by molar-refractivity contribution is -0.164. The van der Waals surface area contributed by atoms with Gasteiger partial charge < -0.3 is 4.74 Å². The molecule has 0 unspecified atom stereocenters. The topological polar surface area (TPSA) is 44.1 Å². The quantitative estimate of drug-likeness (QED) is 0.786.